The van der Waals surface area contributed by atoms with Crippen molar-refractivity contribution in [1.82, 2.24) is 10.2 Å². The van der Waals surface area contributed by atoms with Crippen LogP contribution in [0.25, 0.3) is 0 Å². The van der Waals surface area contributed by atoms with Crippen molar-refractivity contribution < 1.29 is 0 Å². The number of benzene rings is 1. The lowest BCUT2D eigenvalue weighted by Crippen LogP contribution is -2.39. The Morgan fingerprint density at radius 3 is 2.70 bits per heavy atom. The Balaban J connectivity index is 0.00000264. The highest BCUT2D eigenvalue weighted by Crippen LogP contribution is 2.18. The van der Waals surface area contributed by atoms with Crippen molar-refractivity contribution in [2.75, 3.05) is 38.6 Å². The summed E-state index contributed by atoms with van der Waals surface area (Å²) < 4.78 is 0. The minimum atomic E-state index is 0. The van der Waals surface area contributed by atoms with Crippen LogP contribution in [0.1, 0.15) is 25.3 Å². The Morgan fingerprint density at radius 1 is 1.30 bits per heavy atom. The molecule has 0 aromatic heterocycles. The van der Waals surface area contributed by atoms with Gasteiger partial charge in [0.05, 0.1) is 0 Å². The first-order valence-corrected chi connectivity index (χ1v) is 8.15. The molecule has 1 aliphatic heterocycles. The zero-order chi connectivity index (χ0) is 15.8. The van der Waals surface area contributed by atoms with E-state index in [1.165, 1.54) is 24.1 Å². The quantitative estimate of drug-likeness (QED) is 0.326. The molecule has 0 radical (unpaired) electrons. The number of unbranched alkanes of at least 4 members (excludes halogenated alkanes) is 1. The van der Waals surface area contributed by atoms with Gasteiger partial charge in [0.1, 0.15) is 0 Å². The first-order valence-electron chi connectivity index (χ1n) is 8.15. The fourth-order valence-corrected chi connectivity index (χ4v) is 2.62. The summed E-state index contributed by atoms with van der Waals surface area (Å²) >= 11 is 0. The number of hydrogen-bond donors (Lipinski definition) is 1. The maximum atomic E-state index is 4.37. The van der Waals surface area contributed by atoms with Gasteiger partial charge >= 0.3 is 0 Å². The number of nitrogens with zero attached hydrogens (tertiary/aromatic N) is 3. The van der Waals surface area contributed by atoms with E-state index in [0.717, 1.165) is 32.1 Å². The highest BCUT2D eigenvalue weighted by atomic mass is 127. The van der Waals surface area contributed by atoms with Crippen LogP contribution in [0.15, 0.2) is 41.4 Å². The van der Waals surface area contributed by atoms with E-state index >= 15 is 0 Å². The minimum Gasteiger partial charge on any atom is -0.364 e. The molecule has 0 saturated carbocycles. The van der Waals surface area contributed by atoms with Gasteiger partial charge in [-0.3, -0.25) is 4.99 Å². The van der Waals surface area contributed by atoms with E-state index in [-0.39, 0.29) is 24.0 Å². The molecule has 1 N–H and O–H groups in total. The predicted molar refractivity (Wildman–Crippen MR) is 111 cm³/mol. The van der Waals surface area contributed by atoms with Gasteiger partial charge in [-0.2, -0.15) is 0 Å². The fourth-order valence-electron chi connectivity index (χ4n) is 2.62. The van der Waals surface area contributed by atoms with Gasteiger partial charge in [0, 0.05) is 46.0 Å². The van der Waals surface area contributed by atoms with Crippen LogP contribution in [0.4, 0.5) is 5.69 Å². The first kappa shape index (κ1) is 19.8. The SMILES string of the molecule is CCCCN(C)C(=NC)NCc1cccc(N2CC=CC2)c1.I. The van der Waals surface area contributed by atoms with Crippen molar-refractivity contribution in [2.24, 2.45) is 4.99 Å². The molecule has 0 amide bonds. The molecule has 1 aromatic carbocycles. The van der Waals surface area contributed by atoms with Crippen LogP contribution < -0.4 is 10.2 Å². The molecule has 1 aliphatic rings. The van der Waals surface area contributed by atoms with Gasteiger partial charge in [0.2, 0.25) is 0 Å². The highest BCUT2D eigenvalue weighted by Gasteiger charge is 2.09. The van der Waals surface area contributed by atoms with Crippen molar-refractivity contribution in [2.45, 2.75) is 26.3 Å². The van der Waals surface area contributed by atoms with Crippen LogP contribution in [0, 0.1) is 0 Å². The second-order valence-corrected chi connectivity index (χ2v) is 5.72. The summed E-state index contributed by atoms with van der Waals surface area (Å²) in [5.41, 5.74) is 2.58. The summed E-state index contributed by atoms with van der Waals surface area (Å²) in [6.45, 7) is 6.08. The molecule has 5 heteroatoms. The van der Waals surface area contributed by atoms with Gasteiger partial charge in [-0.05, 0) is 24.1 Å². The summed E-state index contributed by atoms with van der Waals surface area (Å²) in [7, 11) is 3.94. The lowest BCUT2D eigenvalue weighted by Gasteiger charge is -2.22. The molecule has 0 fully saturated rings. The smallest absolute Gasteiger partial charge is 0.193 e. The standard InChI is InChI=1S/C18H28N4.HI/c1-4-5-11-21(3)18(19-2)20-15-16-9-8-10-17(14-16)22-12-6-7-13-22;/h6-10,14H,4-5,11-13,15H2,1-3H3,(H,19,20);1H. The number of rotatable bonds is 6. The van der Waals surface area contributed by atoms with E-state index in [1.54, 1.807) is 0 Å². The Morgan fingerprint density at radius 2 is 2.04 bits per heavy atom. The molecule has 1 aromatic rings. The van der Waals surface area contributed by atoms with Gasteiger partial charge in [-0.15, -0.1) is 24.0 Å². The van der Waals surface area contributed by atoms with Crippen molar-refractivity contribution >= 4 is 35.6 Å². The molecule has 2 rings (SSSR count). The summed E-state index contributed by atoms with van der Waals surface area (Å²) in [6.07, 6.45) is 6.83. The third kappa shape index (κ3) is 6.05. The predicted octanol–water partition coefficient (Wildman–Crippen LogP) is 3.49. The molecule has 0 spiro atoms. The van der Waals surface area contributed by atoms with E-state index in [0.29, 0.717) is 0 Å². The molecule has 0 bridgehead atoms. The highest BCUT2D eigenvalue weighted by molar-refractivity contribution is 14.0. The zero-order valence-electron chi connectivity index (χ0n) is 14.5. The second kappa shape index (κ2) is 10.5. The Kier molecular flexibility index (Phi) is 9.06. The first-order chi connectivity index (χ1) is 10.7. The van der Waals surface area contributed by atoms with Gasteiger partial charge in [-0.25, -0.2) is 0 Å². The number of hydrogen-bond acceptors (Lipinski definition) is 2. The molecule has 4 nitrogen and oxygen atoms in total. The van der Waals surface area contributed by atoms with E-state index in [1.807, 2.05) is 7.05 Å². The lowest BCUT2D eigenvalue weighted by atomic mass is 10.2. The molecule has 0 aliphatic carbocycles. The summed E-state index contributed by atoms with van der Waals surface area (Å²) in [5.74, 6) is 0.960. The Labute approximate surface area is 157 Å². The van der Waals surface area contributed by atoms with Crippen molar-refractivity contribution in [3.63, 3.8) is 0 Å². The monoisotopic (exact) mass is 428 g/mol. The molecule has 0 saturated heterocycles. The average molecular weight is 428 g/mol. The van der Waals surface area contributed by atoms with Crippen LogP contribution in [-0.4, -0.2) is 44.6 Å². The summed E-state index contributed by atoms with van der Waals surface area (Å²) in [6, 6.07) is 8.74. The van der Waals surface area contributed by atoms with Crippen molar-refractivity contribution in [1.29, 1.82) is 0 Å². The molecule has 23 heavy (non-hydrogen) atoms. The van der Waals surface area contributed by atoms with Gasteiger partial charge in [0.25, 0.3) is 0 Å². The molecular weight excluding hydrogens is 399 g/mol. The average Bonchev–Trinajstić information content (AvgIpc) is 3.08. The largest absolute Gasteiger partial charge is 0.364 e. The Hall–Kier alpha value is -1.24. The van der Waals surface area contributed by atoms with Crippen molar-refractivity contribution in [3.05, 3.63) is 42.0 Å². The molecular formula is C18H29IN4. The molecule has 128 valence electrons. The normalized spacial score (nSPS) is 13.9. The number of guanidine groups is 1. The Bertz CT molecular complexity index is 520. The maximum absolute atomic E-state index is 4.37. The number of halogens is 1. The minimum absolute atomic E-state index is 0. The van der Waals surface area contributed by atoms with Gasteiger partial charge in [0.15, 0.2) is 5.96 Å². The lowest BCUT2D eigenvalue weighted by molar-refractivity contribution is 0.464. The molecule has 1 heterocycles. The van der Waals surface area contributed by atoms with Crippen LogP contribution in [0.2, 0.25) is 0 Å². The van der Waals surface area contributed by atoms with E-state index < -0.39 is 0 Å². The second-order valence-electron chi connectivity index (χ2n) is 5.72. The third-order valence-corrected chi connectivity index (χ3v) is 3.97. The van der Waals surface area contributed by atoms with E-state index in [4.69, 9.17) is 0 Å². The number of anilines is 1. The van der Waals surface area contributed by atoms with Gasteiger partial charge in [-0.1, -0.05) is 37.6 Å². The third-order valence-electron chi connectivity index (χ3n) is 3.97. The number of aliphatic imine (C=N–C) groups is 1. The number of nitrogens with one attached hydrogen (secondary N) is 1. The van der Waals surface area contributed by atoms with Crippen LogP contribution in [0.3, 0.4) is 0 Å². The van der Waals surface area contributed by atoms with E-state index in [9.17, 15) is 0 Å². The fraction of sp³-hybridized carbons (Fsp3) is 0.500. The summed E-state index contributed by atoms with van der Waals surface area (Å²) in [5, 5.41) is 3.45. The van der Waals surface area contributed by atoms with Gasteiger partial charge < -0.3 is 15.1 Å². The topological polar surface area (TPSA) is 30.9 Å². The molecule has 0 atom stereocenters. The molecule has 0 unspecified atom stereocenters. The van der Waals surface area contributed by atoms with Crippen LogP contribution in [0.5, 0.6) is 0 Å². The van der Waals surface area contributed by atoms with E-state index in [2.05, 4.69) is 70.5 Å². The van der Waals surface area contributed by atoms with Crippen LogP contribution in [-0.2, 0) is 6.54 Å². The van der Waals surface area contributed by atoms with Crippen LogP contribution >= 0.6 is 24.0 Å². The maximum Gasteiger partial charge on any atom is 0.193 e. The summed E-state index contributed by atoms with van der Waals surface area (Å²) in [4.78, 5) is 8.93. The zero-order valence-corrected chi connectivity index (χ0v) is 16.8. The van der Waals surface area contributed by atoms with Crippen molar-refractivity contribution in [3.8, 4) is 0 Å².